The predicted molar refractivity (Wildman–Crippen MR) is 83.6 cm³/mol. The Morgan fingerprint density at radius 1 is 1.39 bits per heavy atom. The van der Waals surface area contributed by atoms with E-state index in [4.69, 9.17) is 11.6 Å². The fourth-order valence-electron chi connectivity index (χ4n) is 1.84. The van der Waals surface area contributed by atoms with Crippen molar-refractivity contribution in [3.63, 3.8) is 0 Å². The first-order valence-corrected chi connectivity index (χ1v) is 7.99. The van der Waals surface area contributed by atoms with Gasteiger partial charge < -0.3 is 5.32 Å². The lowest BCUT2D eigenvalue weighted by molar-refractivity contribution is 0.604. The van der Waals surface area contributed by atoms with Gasteiger partial charge in [0.05, 0.1) is 6.04 Å². The van der Waals surface area contributed by atoms with Gasteiger partial charge in [0.15, 0.2) is 0 Å². The largest absolute Gasteiger partial charge is 0.306 e. The fourth-order valence-corrected chi connectivity index (χ4v) is 3.32. The molecule has 0 aliphatic rings. The Bertz CT molecular complexity index is 499. The second kappa shape index (κ2) is 6.71. The molecule has 1 atom stereocenters. The van der Waals surface area contributed by atoms with E-state index in [0.29, 0.717) is 0 Å². The van der Waals surface area contributed by atoms with E-state index in [1.54, 1.807) is 11.3 Å². The quantitative estimate of drug-likeness (QED) is 0.781. The van der Waals surface area contributed by atoms with Crippen molar-refractivity contribution in [1.82, 2.24) is 5.32 Å². The van der Waals surface area contributed by atoms with Crippen molar-refractivity contribution >= 4 is 38.9 Å². The molecule has 1 unspecified atom stereocenters. The highest BCUT2D eigenvalue weighted by Gasteiger charge is 2.17. The third-order valence-electron chi connectivity index (χ3n) is 2.70. The molecule has 0 radical (unpaired) electrons. The molecule has 0 aliphatic heterocycles. The van der Waals surface area contributed by atoms with Gasteiger partial charge in [0.25, 0.3) is 0 Å². The highest BCUT2D eigenvalue weighted by atomic mass is 79.9. The number of hydrogen-bond donors (Lipinski definition) is 1. The summed E-state index contributed by atoms with van der Waals surface area (Å²) in [4.78, 5) is 1.31. The third kappa shape index (κ3) is 3.35. The predicted octanol–water partition coefficient (Wildman–Crippen LogP) is 5.25. The van der Waals surface area contributed by atoms with Crippen LogP contribution in [-0.2, 0) is 0 Å². The second-order valence-electron chi connectivity index (χ2n) is 4.07. The Morgan fingerprint density at radius 2 is 2.22 bits per heavy atom. The van der Waals surface area contributed by atoms with Crippen LogP contribution in [0.25, 0.3) is 0 Å². The molecule has 2 rings (SSSR count). The van der Waals surface area contributed by atoms with Crippen LogP contribution in [0.15, 0.2) is 40.2 Å². The zero-order valence-electron chi connectivity index (χ0n) is 10.1. The van der Waals surface area contributed by atoms with Gasteiger partial charge >= 0.3 is 0 Å². The SMILES string of the molecule is CCCNC(c1cccs1)c1cc(Cl)ccc1Br. The first-order chi connectivity index (χ1) is 8.72. The average Bonchev–Trinajstić information content (AvgIpc) is 2.88. The van der Waals surface area contributed by atoms with Crippen molar-refractivity contribution in [2.24, 2.45) is 0 Å². The summed E-state index contributed by atoms with van der Waals surface area (Å²) in [6.45, 7) is 3.16. The summed E-state index contributed by atoms with van der Waals surface area (Å²) in [5.74, 6) is 0. The molecule has 1 heterocycles. The summed E-state index contributed by atoms with van der Waals surface area (Å²) in [6, 6.07) is 10.4. The van der Waals surface area contributed by atoms with E-state index in [9.17, 15) is 0 Å². The summed E-state index contributed by atoms with van der Waals surface area (Å²) in [5.41, 5.74) is 1.19. The van der Waals surface area contributed by atoms with Gasteiger partial charge in [0, 0.05) is 14.4 Å². The monoisotopic (exact) mass is 343 g/mol. The van der Waals surface area contributed by atoms with E-state index in [1.165, 1.54) is 10.4 Å². The first-order valence-electron chi connectivity index (χ1n) is 5.94. The van der Waals surface area contributed by atoms with Crippen molar-refractivity contribution in [3.8, 4) is 0 Å². The van der Waals surface area contributed by atoms with Crippen LogP contribution < -0.4 is 5.32 Å². The van der Waals surface area contributed by atoms with Crippen LogP contribution >= 0.6 is 38.9 Å². The normalized spacial score (nSPS) is 12.6. The molecule has 0 saturated heterocycles. The average molecular weight is 345 g/mol. The van der Waals surface area contributed by atoms with Crippen molar-refractivity contribution in [3.05, 3.63) is 55.6 Å². The molecule has 1 N–H and O–H groups in total. The molecular formula is C14H15BrClNS. The maximum Gasteiger partial charge on any atom is 0.0682 e. The minimum Gasteiger partial charge on any atom is -0.306 e. The molecule has 0 fully saturated rings. The van der Waals surface area contributed by atoms with Crippen LogP contribution in [0.2, 0.25) is 5.02 Å². The Balaban J connectivity index is 2.36. The molecule has 0 aliphatic carbocycles. The number of rotatable bonds is 5. The minimum absolute atomic E-state index is 0.207. The second-order valence-corrected chi connectivity index (χ2v) is 6.34. The summed E-state index contributed by atoms with van der Waals surface area (Å²) in [6.07, 6.45) is 1.11. The van der Waals surface area contributed by atoms with E-state index < -0.39 is 0 Å². The van der Waals surface area contributed by atoms with E-state index in [0.717, 1.165) is 22.5 Å². The van der Waals surface area contributed by atoms with Crippen molar-refractivity contribution in [2.75, 3.05) is 6.54 Å². The Labute approximate surface area is 125 Å². The van der Waals surface area contributed by atoms with Gasteiger partial charge in [-0.15, -0.1) is 11.3 Å². The molecule has 96 valence electrons. The minimum atomic E-state index is 0.207. The van der Waals surface area contributed by atoms with Crippen LogP contribution in [0.4, 0.5) is 0 Å². The van der Waals surface area contributed by atoms with Gasteiger partial charge in [-0.3, -0.25) is 0 Å². The van der Waals surface area contributed by atoms with Gasteiger partial charge in [-0.1, -0.05) is 40.5 Å². The number of nitrogens with one attached hydrogen (secondary N) is 1. The maximum atomic E-state index is 6.11. The Kier molecular flexibility index (Phi) is 5.25. The van der Waals surface area contributed by atoms with Gasteiger partial charge in [-0.25, -0.2) is 0 Å². The topological polar surface area (TPSA) is 12.0 Å². The molecule has 1 nitrogen and oxygen atoms in total. The third-order valence-corrected chi connectivity index (χ3v) is 4.59. The zero-order chi connectivity index (χ0) is 13.0. The summed E-state index contributed by atoms with van der Waals surface area (Å²) in [7, 11) is 0. The number of halogens is 2. The van der Waals surface area contributed by atoms with Crippen LogP contribution in [0, 0.1) is 0 Å². The molecule has 0 saturated carbocycles. The molecule has 0 spiro atoms. The van der Waals surface area contributed by atoms with Gasteiger partial charge in [-0.05, 0) is 48.2 Å². The van der Waals surface area contributed by atoms with Crippen molar-refractivity contribution < 1.29 is 0 Å². The highest BCUT2D eigenvalue weighted by Crippen LogP contribution is 2.32. The number of thiophene rings is 1. The van der Waals surface area contributed by atoms with Crippen molar-refractivity contribution in [1.29, 1.82) is 0 Å². The molecule has 0 bridgehead atoms. The molecule has 1 aromatic carbocycles. The van der Waals surface area contributed by atoms with Gasteiger partial charge in [0.2, 0.25) is 0 Å². The van der Waals surface area contributed by atoms with Crippen LogP contribution in [0.3, 0.4) is 0 Å². The lowest BCUT2D eigenvalue weighted by Gasteiger charge is -2.19. The van der Waals surface area contributed by atoms with E-state index in [-0.39, 0.29) is 6.04 Å². The summed E-state index contributed by atoms with van der Waals surface area (Å²) >= 11 is 11.5. The van der Waals surface area contributed by atoms with Gasteiger partial charge in [-0.2, -0.15) is 0 Å². The maximum absolute atomic E-state index is 6.11. The molecule has 18 heavy (non-hydrogen) atoms. The molecular weight excluding hydrogens is 330 g/mol. The summed E-state index contributed by atoms with van der Waals surface area (Å²) < 4.78 is 1.09. The standard InChI is InChI=1S/C14H15BrClNS/c1-2-7-17-14(13-4-3-8-18-13)11-9-10(16)5-6-12(11)15/h3-6,8-9,14,17H,2,7H2,1H3. The van der Waals surface area contributed by atoms with Gasteiger partial charge in [0.1, 0.15) is 0 Å². The highest BCUT2D eigenvalue weighted by molar-refractivity contribution is 9.10. The van der Waals surface area contributed by atoms with Crippen LogP contribution in [0.1, 0.15) is 29.8 Å². The number of hydrogen-bond acceptors (Lipinski definition) is 2. The molecule has 1 aromatic heterocycles. The fraction of sp³-hybridized carbons (Fsp3) is 0.286. The lowest BCUT2D eigenvalue weighted by atomic mass is 10.1. The van der Waals surface area contributed by atoms with E-state index in [1.807, 2.05) is 18.2 Å². The smallest absolute Gasteiger partial charge is 0.0682 e. The molecule has 4 heteroatoms. The van der Waals surface area contributed by atoms with E-state index in [2.05, 4.69) is 45.7 Å². The van der Waals surface area contributed by atoms with Crippen LogP contribution in [0.5, 0.6) is 0 Å². The molecule has 0 amide bonds. The summed E-state index contributed by atoms with van der Waals surface area (Å²) in [5, 5.41) is 6.45. The molecule has 2 aromatic rings. The van der Waals surface area contributed by atoms with Crippen LogP contribution in [-0.4, -0.2) is 6.54 Å². The van der Waals surface area contributed by atoms with E-state index >= 15 is 0 Å². The Hall–Kier alpha value is -0.350. The van der Waals surface area contributed by atoms with Crippen molar-refractivity contribution in [2.45, 2.75) is 19.4 Å². The number of benzene rings is 1. The lowest BCUT2D eigenvalue weighted by Crippen LogP contribution is -2.22. The zero-order valence-corrected chi connectivity index (χ0v) is 13.3. The first kappa shape index (κ1) is 14.1. The Morgan fingerprint density at radius 3 is 2.89 bits per heavy atom.